The molecule has 0 fully saturated rings. The topological polar surface area (TPSA) is 21.3 Å². The van der Waals surface area contributed by atoms with E-state index in [0.29, 0.717) is 0 Å². The molecule has 0 aliphatic carbocycles. The minimum absolute atomic E-state index is 0.287. The fourth-order valence-corrected chi connectivity index (χ4v) is 3.16. The van der Waals surface area contributed by atoms with Crippen LogP contribution in [-0.2, 0) is 6.42 Å². The highest BCUT2D eigenvalue weighted by Gasteiger charge is 2.26. The molecule has 2 aromatic carbocycles. The van der Waals surface area contributed by atoms with Crippen molar-refractivity contribution >= 4 is 17.3 Å². The molecule has 2 nitrogen and oxygen atoms in total. The average molecular weight is 288 g/mol. The Kier molecular flexibility index (Phi) is 3.35. The van der Waals surface area contributed by atoms with Crippen molar-refractivity contribution in [3.63, 3.8) is 0 Å². The van der Waals surface area contributed by atoms with Crippen molar-refractivity contribution in [1.29, 1.82) is 0 Å². The van der Waals surface area contributed by atoms with Crippen molar-refractivity contribution in [2.75, 3.05) is 12.4 Å². The molecule has 3 heteroatoms. The van der Waals surface area contributed by atoms with Crippen LogP contribution in [0.3, 0.4) is 0 Å². The molecule has 1 N–H and O–H groups in total. The van der Waals surface area contributed by atoms with Gasteiger partial charge in [0.1, 0.15) is 5.75 Å². The zero-order valence-electron chi connectivity index (χ0n) is 12.0. The number of hydrogen-bond acceptors (Lipinski definition) is 2. The van der Waals surface area contributed by atoms with Crippen molar-refractivity contribution in [1.82, 2.24) is 0 Å². The van der Waals surface area contributed by atoms with Gasteiger partial charge in [0.05, 0.1) is 13.2 Å². The molecule has 1 atom stereocenters. The molecule has 0 saturated carbocycles. The number of nitrogens with one attached hydrogen (secondary N) is 1. The van der Waals surface area contributed by atoms with Crippen LogP contribution in [0, 0.1) is 13.8 Å². The van der Waals surface area contributed by atoms with Gasteiger partial charge in [0.25, 0.3) is 0 Å². The van der Waals surface area contributed by atoms with E-state index >= 15 is 0 Å². The van der Waals surface area contributed by atoms with Crippen LogP contribution in [0.15, 0.2) is 30.3 Å². The summed E-state index contributed by atoms with van der Waals surface area (Å²) in [5.41, 5.74) is 6.21. The number of anilines is 1. The minimum Gasteiger partial charge on any atom is -0.497 e. The molecule has 1 aliphatic heterocycles. The van der Waals surface area contributed by atoms with Crippen molar-refractivity contribution in [2.24, 2.45) is 0 Å². The van der Waals surface area contributed by atoms with Gasteiger partial charge in [-0.15, -0.1) is 0 Å². The van der Waals surface area contributed by atoms with Crippen LogP contribution in [0.25, 0.3) is 0 Å². The monoisotopic (exact) mass is 287 g/mol. The molecular formula is C17H18ClNO. The molecule has 1 heterocycles. The van der Waals surface area contributed by atoms with Crippen molar-refractivity contribution < 1.29 is 4.74 Å². The Morgan fingerprint density at radius 3 is 2.60 bits per heavy atom. The Bertz CT molecular complexity index is 635. The van der Waals surface area contributed by atoms with Gasteiger partial charge >= 0.3 is 0 Å². The number of benzene rings is 2. The Balaban J connectivity index is 1.96. The molecule has 3 rings (SSSR count). The summed E-state index contributed by atoms with van der Waals surface area (Å²) < 4.78 is 5.27. The summed E-state index contributed by atoms with van der Waals surface area (Å²) in [5.74, 6) is 0.899. The van der Waals surface area contributed by atoms with Crippen LogP contribution >= 0.6 is 11.6 Å². The molecule has 0 aromatic heterocycles. The maximum atomic E-state index is 6.32. The van der Waals surface area contributed by atoms with Gasteiger partial charge in [0, 0.05) is 17.1 Å². The number of rotatable bonds is 2. The van der Waals surface area contributed by atoms with E-state index in [4.69, 9.17) is 16.3 Å². The summed E-state index contributed by atoms with van der Waals surface area (Å²) in [6, 6.07) is 10.6. The standard InChI is InChI=1S/C17H18ClNO/c1-10-4-7-15(18)14-9-16(19-17(10)14)13-6-5-12(20-3)8-11(13)2/h4-8,16,19H,9H2,1-3H3. The van der Waals surface area contributed by atoms with Gasteiger partial charge in [-0.3, -0.25) is 0 Å². The lowest BCUT2D eigenvalue weighted by molar-refractivity contribution is 0.414. The van der Waals surface area contributed by atoms with Crippen LogP contribution in [-0.4, -0.2) is 7.11 Å². The lowest BCUT2D eigenvalue weighted by atomic mass is 9.98. The molecule has 0 saturated heterocycles. The van der Waals surface area contributed by atoms with E-state index in [2.05, 4.69) is 37.4 Å². The largest absolute Gasteiger partial charge is 0.497 e. The fourth-order valence-electron chi connectivity index (χ4n) is 2.92. The number of methoxy groups -OCH3 is 1. The highest BCUT2D eigenvalue weighted by atomic mass is 35.5. The lowest BCUT2D eigenvalue weighted by Crippen LogP contribution is -2.08. The Morgan fingerprint density at radius 1 is 1.15 bits per heavy atom. The molecule has 1 aliphatic rings. The normalized spacial score (nSPS) is 16.7. The first kappa shape index (κ1) is 13.3. The maximum absolute atomic E-state index is 6.32. The minimum atomic E-state index is 0.287. The number of aryl methyl sites for hydroxylation is 2. The zero-order chi connectivity index (χ0) is 14.3. The molecule has 20 heavy (non-hydrogen) atoms. The third-order valence-electron chi connectivity index (χ3n) is 4.04. The van der Waals surface area contributed by atoms with E-state index < -0.39 is 0 Å². The van der Waals surface area contributed by atoms with E-state index in [1.165, 1.54) is 27.9 Å². The highest BCUT2D eigenvalue weighted by Crippen LogP contribution is 2.41. The third kappa shape index (κ3) is 2.14. The second-order valence-corrected chi connectivity index (χ2v) is 5.75. The number of halogens is 1. The molecule has 0 bridgehead atoms. The van der Waals surface area contributed by atoms with Gasteiger partial charge in [0.15, 0.2) is 0 Å². The Labute approximate surface area is 124 Å². The first-order valence-electron chi connectivity index (χ1n) is 6.79. The first-order valence-corrected chi connectivity index (χ1v) is 7.17. The van der Waals surface area contributed by atoms with Crippen LogP contribution in [0.5, 0.6) is 5.75 Å². The van der Waals surface area contributed by atoms with E-state index in [0.717, 1.165) is 17.2 Å². The van der Waals surface area contributed by atoms with E-state index in [-0.39, 0.29) is 6.04 Å². The van der Waals surface area contributed by atoms with E-state index in [1.807, 2.05) is 12.1 Å². The Hall–Kier alpha value is -1.67. The van der Waals surface area contributed by atoms with Crippen molar-refractivity contribution in [2.45, 2.75) is 26.3 Å². The molecule has 0 radical (unpaired) electrons. The van der Waals surface area contributed by atoms with Gasteiger partial charge in [-0.05, 0) is 54.3 Å². The molecular weight excluding hydrogens is 270 g/mol. The average Bonchev–Trinajstić information content (AvgIpc) is 2.89. The van der Waals surface area contributed by atoms with E-state index in [9.17, 15) is 0 Å². The van der Waals surface area contributed by atoms with Crippen LogP contribution in [0.1, 0.15) is 28.3 Å². The predicted octanol–water partition coefficient (Wildman–Crippen LogP) is 4.67. The molecule has 2 aromatic rings. The summed E-state index contributed by atoms with van der Waals surface area (Å²) >= 11 is 6.32. The molecule has 0 amide bonds. The third-order valence-corrected chi connectivity index (χ3v) is 4.40. The highest BCUT2D eigenvalue weighted by molar-refractivity contribution is 6.31. The van der Waals surface area contributed by atoms with Crippen molar-refractivity contribution in [3.8, 4) is 5.75 Å². The predicted molar refractivity (Wildman–Crippen MR) is 84.0 cm³/mol. The molecule has 0 spiro atoms. The lowest BCUT2D eigenvalue weighted by Gasteiger charge is -2.16. The Morgan fingerprint density at radius 2 is 1.95 bits per heavy atom. The van der Waals surface area contributed by atoms with Crippen LogP contribution in [0.4, 0.5) is 5.69 Å². The SMILES string of the molecule is COc1ccc(C2Cc3c(Cl)ccc(C)c3N2)c(C)c1. The summed E-state index contributed by atoms with van der Waals surface area (Å²) in [5, 5.41) is 4.47. The second kappa shape index (κ2) is 5.02. The second-order valence-electron chi connectivity index (χ2n) is 5.34. The summed E-state index contributed by atoms with van der Waals surface area (Å²) in [7, 11) is 1.70. The maximum Gasteiger partial charge on any atom is 0.119 e. The fraction of sp³-hybridized carbons (Fsp3) is 0.294. The van der Waals surface area contributed by atoms with Gasteiger partial charge in [0.2, 0.25) is 0 Å². The van der Waals surface area contributed by atoms with E-state index in [1.54, 1.807) is 7.11 Å². The van der Waals surface area contributed by atoms with Gasteiger partial charge in [-0.25, -0.2) is 0 Å². The molecule has 104 valence electrons. The summed E-state index contributed by atoms with van der Waals surface area (Å²) in [4.78, 5) is 0. The van der Waals surface area contributed by atoms with Crippen LogP contribution < -0.4 is 10.1 Å². The summed E-state index contributed by atoms with van der Waals surface area (Å²) in [6.07, 6.45) is 0.934. The summed E-state index contributed by atoms with van der Waals surface area (Å²) in [6.45, 7) is 4.24. The van der Waals surface area contributed by atoms with Crippen molar-refractivity contribution in [3.05, 3.63) is 57.6 Å². The van der Waals surface area contributed by atoms with Crippen LogP contribution in [0.2, 0.25) is 5.02 Å². The van der Waals surface area contributed by atoms with Gasteiger partial charge < -0.3 is 10.1 Å². The quantitative estimate of drug-likeness (QED) is 0.866. The number of hydrogen-bond donors (Lipinski definition) is 1. The van der Waals surface area contributed by atoms with Gasteiger partial charge in [-0.2, -0.15) is 0 Å². The number of fused-ring (bicyclic) bond motifs is 1. The number of ether oxygens (including phenoxy) is 1. The van der Waals surface area contributed by atoms with Gasteiger partial charge in [-0.1, -0.05) is 23.7 Å². The zero-order valence-corrected chi connectivity index (χ0v) is 12.7. The first-order chi connectivity index (χ1) is 9.60. The smallest absolute Gasteiger partial charge is 0.119 e. The molecule has 1 unspecified atom stereocenters.